The number of hydrogen-bond acceptors (Lipinski definition) is 1. The van der Waals surface area contributed by atoms with Crippen LogP contribution in [0.15, 0.2) is 43.0 Å². The monoisotopic (exact) mass is 246 g/mol. The van der Waals surface area contributed by atoms with E-state index in [1.54, 1.807) is 0 Å². The number of hydrogen-bond donors (Lipinski definition) is 1. The van der Waals surface area contributed by atoms with E-state index in [1.807, 2.05) is 36.4 Å². The van der Waals surface area contributed by atoms with Gasteiger partial charge in [0.05, 0.1) is 6.10 Å². The van der Waals surface area contributed by atoms with E-state index >= 15 is 0 Å². The molecule has 0 aliphatic carbocycles. The van der Waals surface area contributed by atoms with Gasteiger partial charge in [-0.1, -0.05) is 69.5 Å². The second-order valence-electron chi connectivity index (χ2n) is 5.10. The first-order chi connectivity index (χ1) is 8.70. The maximum atomic E-state index is 10.7. The average molecular weight is 246 g/mol. The third kappa shape index (κ3) is 3.46. The van der Waals surface area contributed by atoms with Gasteiger partial charge in [-0.2, -0.15) is 0 Å². The van der Waals surface area contributed by atoms with Crippen LogP contribution in [-0.2, 0) is 0 Å². The number of benzene rings is 1. The average Bonchev–Trinajstić information content (AvgIpc) is 2.44. The zero-order chi connectivity index (χ0) is 13.4. The molecule has 0 fully saturated rings. The zero-order valence-corrected chi connectivity index (χ0v) is 11.7. The van der Waals surface area contributed by atoms with Gasteiger partial charge in [-0.15, -0.1) is 6.58 Å². The van der Waals surface area contributed by atoms with E-state index in [0.29, 0.717) is 0 Å². The molecule has 1 aromatic rings. The molecule has 0 amide bonds. The fourth-order valence-electron chi connectivity index (χ4n) is 2.65. The largest absolute Gasteiger partial charge is 0.388 e. The third-order valence-corrected chi connectivity index (χ3v) is 3.78. The minimum absolute atomic E-state index is 0.174. The van der Waals surface area contributed by atoms with E-state index in [4.69, 9.17) is 0 Å². The highest BCUT2D eigenvalue weighted by Gasteiger charge is 2.34. The van der Waals surface area contributed by atoms with Crippen molar-refractivity contribution in [1.29, 1.82) is 0 Å². The van der Waals surface area contributed by atoms with Gasteiger partial charge < -0.3 is 5.11 Å². The molecule has 0 aliphatic heterocycles. The lowest BCUT2D eigenvalue weighted by atomic mass is 9.72. The zero-order valence-electron chi connectivity index (χ0n) is 11.7. The van der Waals surface area contributed by atoms with Crippen molar-refractivity contribution in [1.82, 2.24) is 0 Å². The maximum absolute atomic E-state index is 10.7. The molecule has 2 atom stereocenters. The minimum atomic E-state index is -0.442. The molecule has 0 aliphatic rings. The molecule has 1 heteroatoms. The van der Waals surface area contributed by atoms with Gasteiger partial charge in [0.1, 0.15) is 0 Å². The number of rotatable bonds is 8. The van der Waals surface area contributed by atoms with Crippen LogP contribution in [0.1, 0.15) is 57.6 Å². The smallest absolute Gasteiger partial charge is 0.0880 e. The molecule has 1 N–H and O–H groups in total. The van der Waals surface area contributed by atoms with Gasteiger partial charge in [0.2, 0.25) is 0 Å². The summed E-state index contributed by atoms with van der Waals surface area (Å²) in [5.41, 5.74) is 0.827. The van der Waals surface area contributed by atoms with E-state index in [0.717, 1.165) is 37.7 Å². The van der Waals surface area contributed by atoms with Gasteiger partial charge in [-0.25, -0.2) is 0 Å². The van der Waals surface area contributed by atoms with Crippen LogP contribution in [0.25, 0.3) is 0 Å². The second kappa shape index (κ2) is 7.38. The molecule has 1 rings (SSSR count). The first-order valence-corrected chi connectivity index (χ1v) is 7.06. The van der Waals surface area contributed by atoms with Crippen molar-refractivity contribution in [2.45, 2.75) is 52.1 Å². The lowest BCUT2D eigenvalue weighted by Gasteiger charge is -2.36. The molecular formula is C17H26O. The Morgan fingerprint density at radius 1 is 1.17 bits per heavy atom. The Labute approximate surface area is 112 Å². The normalized spacial score (nSPS) is 15.9. The van der Waals surface area contributed by atoms with E-state index in [2.05, 4.69) is 20.4 Å². The number of aliphatic hydroxyl groups is 1. The summed E-state index contributed by atoms with van der Waals surface area (Å²) in [6, 6.07) is 9.96. The fraction of sp³-hybridized carbons (Fsp3) is 0.529. The predicted molar refractivity (Wildman–Crippen MR) is 78.5 cm³/mol. The molecule has 1 nitrogen and oxygen atoms in total. The number of aliphatic hydroxyl groups excluding tert-OH is 1. The Balaban J connectivity index is 2.97. The Hall–Kier alpha value is -1.08. The maximum Gasteiger partial charge on any atom is 0.0880 e. The first-order valence-electron chi connectivity index (χ1n) is 7.06. The summed E-state index contributed by atoms with van der Waals surface area (Å²) < 4.78 is 0. The van der Waals surface area contributed by atoms with Gasteiger partial charge in [0, 0.05) is 5.41 Å². The molecular weight excluding hydrogens is 220 g/mol. The van der Waals surface area contributed by atoms with Crippen molar-refractivity contribution in [2.24, 2.45) is 5.41 Å². The van der Waals surface area contributed by atoms with Gasteiger partial charge in [-0.05, 0) is 18.4 Å². The van der Waals surface area contributed by atoms with Crippen molar-refractivity contribution in [3.05, 3.63) is 48.6 Å². The summed E-state index contributed by atoms with van der Waals surface area (Å²) in [5, 5.41) is 10.7. The van der Waals surface area contributed by atoms with Crippen LogP contribution in [-0.4, -0.2) is 5.11 Å². The molecule has 1 aromatic carbocycles. The Bertz CT molecular complexity index is 344. The van der Waals surface area contributed by atoms with Crippen molar-refractivity contribution in [3.8, 4) is 0 Å². The molecule has 0 heterocycles. The lowest BCUT2D eigenvalue weighted by Crippen LogP contribution is -2.27. The molecule has 0 aromatic heterocycles. The molecule has 0 saturated heterocycles. The van der Waals surface area contributed by atoms with Crippen LogP contribution in [0.4, 0.5) is 0 Å². The summed E-state index contributed by atoms with van der Waals surface area (Å²) >= 11 is 0. The quantitative estimate of drug-likeness (QED) is 0.648. The molecule has 0 saturated carbocycles. The van der Waals surface area contributed by atoms with E-state index in [1.165, 1.54) is 0 Å². The van der Waals surface area contributed by atoms with Crippen molar-refractivity contribution >= 4 is 0 Å². The van der Waals surface area contributed by atoms with Gasteiger partial charge in [0.25, 0.3) is 0 Å². The summed E-state index contributed by atoms with van der Waals surface area (Å²) in [6.45, 7) is 8.35. The molecule has 0 bridgehead atoms. The first kappa shape index (κ1) is 15.0. The van der Waals surface area contributed by atoms with Crippen molar-refractivity contribution < 1.29 is 5.11 Å². The molecule has 100 valence electrons. The van der Waals surface area contributed by atoms with Crippen molar-refractivity contribution in [2.75, 3.05) is 0 Å². The van der Waals surface area contributed by atoms with Gasteiger partial charge in [-0.3, -0.25) is 0 Å². The Kier molecular flexibility index (Phi) is 6.14. The molecule has 0 radical (unpaired) electrons. The van der Waals surface area contributed by atoms with E-state index < -0.39 is 6.10 Å². The Morgan fingerprint density at radius 2 is 1.83 bits per heavy atom. The van der Waals surface area contributed by atoms with Crippen LogP contribution in [0.5, 0.6) is 0 Å². The highest BCUT2D eigenvalue weighted by molar-refractivity contribution is 5.21. The summed E-state index contributed by atoms with van der Waals surface area (Å²) in [6.07, 6.45) is 6.90. The molecule has 0 unspecified atom stereocenters. The van der Waals surface area contributed by atoms with Crippen LogP contribution < -0.4 is 0 Å². The highest BCUT2D eigenvalue weighted by atomic mass is 16.3. The summed E-state index contributed by atoms with van der Waals surface area (Å²) in [5.74, 6) is 0. The topological polar surface area (TPSA) is 20.2 Å². The van der Waals surface area contributed by atoms with Crippen LogP contribution in [0.3, 0.4) is 0 Å². The van der Waals surface area contributed by atoms with Crippen LogP contribution in [0, 0.1) is 5.41 Å². The highest BCUT2D eigenvalue weighted by Crippen LogP contribution is 2.43. The van der Waals surface area contributed by atoms with Gasteiger partial charge >= 0.3 is 0 Å². The number of unbranched alkanes of at least 4 members (excludes halogenated alkanes) is 1. The fourth-order valence-corrected chi connectivity index (χ4v) is 2.65. The third-order valence-electron chi connectivity index (χ3n) is 3.78. The minimum Gasteiger partial charge on any atom is -0.388 e. The SMILES string of the molecule is C=C[C@@](CCC)(CCCC)[C@H](O)c1ccccc1. The predicted octanol–water partition coefficient (Wildman–Crippen LogP) is 4.88. The molecule has 18 heavy (non-hydrogen) atoms. The summed E-state index contributed by atoms with van der Waals surface area (Å²) in [7, 11) is 0. The molecule has 0 spiro atoms. The summed E-state index contributed by atoms with van der Waals surface area (Å²) in [4.78, 5) is 0. The van der Waals surface area contributed by atoms with E-state index in [9.17, 15) is 5.11 Å². The van der Waals surface area contributed by atoms with E-state index in [-0.39, 0.29) is 5.41 Å². The van der Waals surface area contributed by atoms with Gasteiger partial charge in [0.15, 0.2) is 0 Å². The second-order valence-corrected chi connectivity index (χ2v) is 5.10. The Morgan fingerprint density at radius 3 is 2.33 bits per heavy atom. The van der Waals surface area contributed by atoms with Crippen LogP contribution >= 0.6 is 0 Å². The van der Waals surface area contributed by atoms with Crippen molar-refractivity contribution in [3.63, 3.8) is 0 Å². The lowest BCUT2D eigenvalue weighted by molar-refractivity contribution is 0.0426. The standard InChI is InChI=1S/C17H26O/c1-4-7-14-17(6-3,13-5-2)16(18)15-11-9-8-10-12-15/h6,8-12,16,18H,3-5,7,13-14H2,1-2H3/t16-,17-/m1/s1. The van der Waals surface area contributed by atoms with Crippen LogP contribution in [0.2, 0.25) is 0 Å².